The molecule has 1 amide bonds. The van der Waals surface area contributed by atoms with Gasteiger partial charge in [-0.25, -0.2) is 9.50 Å². The average molecular weight is 380 g/mol. The van der Waals surface area contributed by atoms with Crippen LogP contribution < -0.4 is 0 Å². The molecule has 0 radical (unpaired) electrons. The average Bonchev–Trinajstić information content (AvgIpc) is 3.16. The van der Waals surface area contributed by atoms with Crippen LogP contribution >= 0.6 is 0 Å². The third-order valence-corrected chi connectivity index (χ3v) is 4.32. The highest BCUT2D eigenvalue weighted by molar-refractivity contribution is 5.93. The number of aryl methyl sites for hydroxylation is 2. The van der Waals surface area contributed by atoms with Gasteiger partial charge in [0.05, 0.1) is 6.20 Å². The van der Waals surface area contributed by atoms with Crippen LogP contribution in [-0.4, -0.2) is 42.2 Å². The largest absolute Gasteiger partial charge is 0.433 e. The number of carbonyl (C=O) groups excluding carboxylic acids is 1. The van der Waals surface area contributed by atoms with Crippen LogP contribution in [0.1, 0.15) is 40.1 Å². The lowest BCUT2D eigenvalue weighted by atomic mass is 10.2. The maximum atomic E-state index is 13.2. The molecule has 10 heteroatoms. The second-order valence-corrected chi connectivity index (χ2v) is 6.31. The SMILES string of the molecule is CCn1ncc(CN(C)C(=O)c2cc3nc(C)cc(C(F)(F)F)n3n2)c1C. The summed E-state index contributed by atoms with van der Waals surface area (Å²) in [6, 6.07) is 2.17. The van der Waals surface area contributed by atoms with E-state index >= 15 is 0 Å². The van der Waals surface area contributed by atoms with Gasteiger partial charge in [0.1, 0.15) is 5.69 Å². The van der Waals surface area contributed by atoms with Crippen molar-refractivity contribution in [2.24, 2.45) is 0 Å². The van der Waals surface area contributed by atoms with Gasteiger partial charge in [0.25, 0.3) is 5.91 Å². The molecule has 0 saturated heterocycles. The number of hydrogen-bond donors (Lipinski definition) is 0. The Hall–Kier alpha value is -2.91. The van der Waals surface area contributed by atoms with Crippen molar-refractivity contribution < 1.29 is 18.0 Å². The van der Waals surface area contributed by atoms with Crippen LogP contribution in [0.25, 0.3) is 5.65 Å². The Balaban J connectivity index is 1.92. The molecule has 0 bridgehead atoms. The van der Waals surface area contributed by atoms with Gasteiger partial charge in [-0.3, -0.25) is 9.48 Å². The van der Waals surface area contributed by atoms with E-state index in [2.05, 4.69) is 15.2 Å². The summed E-state index contributed by atoms with van der Waals surface area (Å²) in [7, 11) is 1.57. The van der Waals surface area contributed by atoms with Crippen molar-refractivity contribution in [3.05, 3.63) is 46.7 Å². The highest BCUT2D eigenvalue weighted by Crippen LogP contribution is 2.30. The quantitative estimate of drug-likeness (QED) is 0.698. The molecule has 0 unspecified atom stereocenters. The molecular formula is C17H19F3N6O. The fourth-order valence-electron chi connectivity index (χ4n) is 2.89. The number of aromatic nitrogens is 5. The van der Waals surface area contributed by atoms with Crippen molar-refractivity contribution in [1.29, 1.82) is 0 Å². The van der Waals surface area contributed by atoms with Crippen molar-refractivity contribution in [1.82, 2.24) is 29.3 Å². The highest BCUT2D eigenvalue weighted by atomic mass is 19.4. The zero-order valence-corrected chi connectivity index (χ0v) is 15.4. The van der Waals surface area contributed by atoms with E-state index in [0.29, 0.717) is 11.1 Å². The van der Waals surface area contributed by atoms with E-state index in [9.17, 15) is 18.0 Å². The second kappa shape index (κ2) is 6.67. The minimum atomic E-state index is -4.60. The van der Waals surface area contributed by atoms with Crippen molar-refractivity contribution >= 4 is 11.6 Å². The molecule has 0 aliphatic rings. The molecular weight excluding hydrogens is 361 g/mol. The second-order valence-electron chi connectivity index (χ2n) is 6.31. The summed E-state index contributed by atoms with van der Waals surface area (Å²) in [5.41, 5.74) is 0.914. The minimum Gasteiger partial charge on any atom is -0.336 e. The molecule has 7 nitrogen and oxygen atoms in total. The topological polar surface area (TPSA) is 68.3 Å². The minimum absolute atomic E-state index is 0.0194. The van der Waals surface area contributed by atoms with Crippen LogP contribution in [-0.2, 0) is 19.3 Å². The van der Waals surface area contributed by atoms with Crippen LogP contribution in [0.3, 0.4) is 0 Å². The van der Waals surface area contributed by atoms with E-state index in [4.69, 9.17) is 0 Å². The molecule has 3 aromatic heterocycles. The van der Waals surface area contributed by atoms with E-state index < -0.39 is 17.8 Å². The third kappa shape index (κ3) is 3.51. The molecule has 27 heavy (non-hydrogen) atoms. The van der Waals surface area contributed by atoms with E-state index in [1.54, 1.807) is 17.9 Å². The summed E-state index contributed by atoms with van der Waals surface area (Å²) in [5.74, 6) is -0.491. The number of nitrogens with zero attached hydrogens (tertiary/aromatic N) is 6. The molecule has 0 spiro atoms. The third-order valence-electron chi connectivity index (χ3n) is 4.32. The predicted octanol–water partition coefficient (Wildman–Crippen LogP) is 2.85. The van der Waals surface area contributed by atoms with Gasteiger partial charge in [-0.05, 0) is 26.8 Å². The molecule has 3 heterocycles. The number of amides is 1. The van der Waals surface area contributed by atoms with Gasteiger partial charge in [-0.2, -0.15) is 23.4 Å². The van der Waals surface area contributed by atoms with E-state index in [1.807, 2.05) is 13.8 Å². The van der Waals surface area contributed by atoms with Crippen LogP contribution in [0.2, 0.25) is 0 Å². The smallest absolute Gasteiger partial charge is 0.336 e. The van der Waals surface area contributed by atoms with E-state index in [-0.39, 0.29) is 23.6 Å². The Labute approximate surface area is 153 Å². The van der Waals surface area contributed by atoms with Crippen LogP contribution in [0.4, 0.5) is 13.2 Å². The summed E-state index contributed by atoms with van der Waals surface area (Å²) in [6.45, 7) is 6.31. The molecule has 144 valence electrons. The molecule has 0 N–H and O–H groups in total. The normalized spacial score (nSPS) is 12.0. The number of hydrogen-bond acceptors (Lipinski definition) is 4. The fourth-order valence-corrected chi connectivity index (χ4v) is 2.89. The van der Waals surface area contributed by atoms with Crippen LogP contribution in [0, 0.1) is 13.8 Å². The molecule has 0 fully saturated rings. The molecule has 0 aliphatic heterocycles. The first-order valence-corrected chi connectivity index (χ1v) is 8.33. The first-order chi connectivity index (χ1) is 12.6. The maximum absolute atomic E-state index is 13.2. The lowest BCUT2D eigenvalue weighted by Gasteiger charge is -2.15. The first kappa shape index (κ1) is 18.9. The van der Waals surface area contributed by atoms with Gasteiger partial charge in [0, 0.05) is 43.2 Å². The van der Waals surface area contributed by atoms with Gasteiger partial charge in [-0.1, -0.05) is 0 Å². The summed E-state index contributed by atoms with van der Waals surface area (Å²) in [4.78, 5) is 18.1. The predicted molar refractivity (Wildman–Crippen MR) is 91.2 cm³/mol. The van der Waals surface area contributed by atoms with E-state index in [0.717, 1.165) is 17.3 Å². The number of carbonyl (C=O) groups is 1. The number of halogens is 3. The summed E-state index contributed by atoms with van der Waals surface area (Å²) < 4.78 is 42.2. The Morgan fingerprint density at radius 1 is 1.26 bits per heavy atom. The monoisotopic (exact) mass is 380 g/mol. The Kier molecular flexibility index (Phi) is 4.66. The first-order valence-electron chi connectivity index (χ1n) is 8.33. The van der Waals surface area contributed by atoms with Crippen LogP contribution in [0.5, 0.6) is 0 Å². The molecule has 3 rings (SSSR count). The zero-order chi connectivity index (χ0) is 19.9. The van der Waals surface area contributed by atoms with Gasteiger partial charge < -0.3 is 4.90 Å². The number of fused-ring (bicyclic) bond motifs is 1. The van der Waals surface area contributed by atoms with Gasteiger partial charge >= 0.3 is 6.18 Å². The van der Waals surface area contributed by atoms with Crippen LogP contribution in [0.15, 0.2) is 18.3 Å². The van der Waals surface area contributed by atoms with Gasteiger partial charge in [-0.15, -0.1) is 0 Å². The molecule has 0 saturated carbocycles. The van der Waals surface area contributed by atoms with Gasteiger partial charge in [0.15, 0.2) is 11.3 Å². The zero-order valence-electron chi connectivity index (χ0n) is 15.4. The van der Waals surface area contributed by atoms with E-state index in [1.165, 1.54) is 17.9 Å². The standard InChI is InChI=1S/C17H19F3N6O/c1-5-25-11(3)12(8-21-25)9-24(4)16(27)13-7-15-22-10(2)6-14(17(18,19)20)26(15)23-13/h6-8H,5,9H2,1-4H3. The summed E-state index contributed by atoms with van der Waals surface area (Å²) >= 11 is 0. The summed E-state index contributed by atoms with van der Waals surface area (Å²) in [6.07, 6.45) is -2.92. The van der Waals surface area contributed by atoms with Gasteiger partial charge in [0.2, 0.25) is 0 Å². The van der Waals surface area contributed by atoms with Crippen molar-refractivity contribution in [3.63, 3.8) is 0 Å². The molecule has 0 aromatic carbocycles. The highest BCUT2D eigenvalue weighted by Gasteiger charge is 2.35. The number of alkyl halides is 3. The molecule has 0 atom stereocenters. The maximum Gasteiger partial charge on any atom is 0.433 e. The Morgan fingerprint density at radius 3 is 2.56 bits per heavy atom. The molecule has 0 aliphatic carbocycles. The Morgan fingerprint density at radius 2 is 1.96 bits per heavy atom. The van der Waals surface area contributed by atoms with Crippen molar-refractivity contribution in [2.75, 3.05) is 7.05 Å². The summed E-state index contributed by atoms with van der Waals surface area (Å²) in [5, 5.41) is 8.08. The lowest BCUT2D eigenvalue weighted by molar-refractivity contribution is -0.142. The van der Waals surface area contributed by atoms with Crippen molar-refractivity contribution in [3.8, 4) is 0 Å². The molecule has 3 aromatic rings. The fraction of sp³-hybridized carbons (Fsp3) is 0.412. The Bertz CT molecular complexity index is 1000. The van der Waals surface area contributed by atoms with Crippen molar-refractivity contribution in [2.45, 2.75) is 40.0 Å². The number of rotatable bonds is 4. The lowest BCUT2D eigenvalue weighted by Crippen LogP contribution is -2.27.